The first-order valence-electron chi connectivity index (χ1n) is 11.4. The summed E-state index contributed by atoms with van der Waals surface area (Å²) in [6.07, 6.45) is 11.0. The van der Waals surface area contributed by atoms with Crippen molar-refractivity contribution in [2.24, 2.45) is 39.7 Å². The number of aliphatic carboxylic acids is 1. The topological polar surface area (TPSA) is 79.1 Å². The number of hydrogen-bond acceptors (Lipinski definition) is 4. The van der Waals surface area contributed by atoms with E-state index in [9.17, 15) is 9.90 Å². The lowest BCUT2D eigenvalue weighted by Crippen LogP contribution is -2.56. The number of carboxylic acids is 1. The highest BCUT2D eigenvalue weighted by atomic mass is 16.6. The number of carboxylic acid groups (broad SMARTS) is 1. The van der Waals surface area contributed by atoms with Crippen molar-refractivity contribution in [2.45, 2.75) is 90.6 Å². The van der Waals surface area contributed by atoms with Crippen LogP contribution in [0.5, 0.6) is 0 Å². The van der Waals surface area contributed by atoms with Gasteiger partial charge < -0.3 is 15.1 Å². The third-order valence-corrected chi connectivity index (χ3v) is 9.79. The Morgan fingerprint density at radius 3 is 2.61 bits per heavy atom. The molecular weight excluding hydrogens is 354 g/mol. The summed E-state index contributed by atoms with van der Waals surface area (Å²) >= 11 is 0. The van der Waals surface area contributed by atoms with Crippen LogP contribution in [-0.4, -0.2) is 34.1 Å². The van der Waals surface area contributed by atoms with Gasteiger partial charge in [0, 0.05) is 0 Å². The molecule has 5 heteroatoms. The van der Waals surface area contributed by atoms with Gasteiger partial charge in [-0.25, -0.2) is 4.79 Å². The molecule has 0 aliphatic heterocycles. The van der Waals surface area contributed by atoms with Crippen LogP contribution in [0.4, 0.5) is 0 Å². The molecule has 0 radical (unpaired) electrons. The molecular formula is C23H37NO4. The van der Waals surface area contributed by atoms with Gasteiger partial charge in [-0.15, -0.1) is 0 Å². The van der Waals surface area contributed by atoms with E-state index in [0.717, 1.165) is 56.1 Å². The smallest absolute Gasteiger partial charge is 0.344 e. The van der Waals surface area contributed by atoms with Crippen LogP contribution in [-0.2, 0) is 9.63 Å². The second kappa shape index (κ2) is 7.00. The van der Waals surface area contributed by atoms with Crippen molar-refractivity contribution >= 4 is 11.7 Å². The molecule has 0 heterocycles. The molecule has 4 aliphatic rings. The number of carbonyl (C=O) groups is 1. The molecule has 5 nitrogen and oxygen atoms in total. The second-order valence-electron chi connectivity index (χ2n) is 10.6. The quantitative estimate of drug-likeness (QED) is 0.685. The van der Waals surface area contributed by atoms with Crippen LogP contribution >= 0.6 is 0 Å². The summed E-state index contributed by atoms with van der Waals surface area (Å²) in [5.41, 5.74) is 1.03. The predicted octanol–water partition coefficient (Wildman–Crippen LogP) is 4.63. The fourth-order valence-electron chi connectivity index (χ4n) is 8.01. The van der Waals surface area contributed by atoms with Crippen molar-refractivity contribution in [3.05, 3.63) is 0 Å². The van der Waals surface area contributed by atoms with Crippen molar-refractivity contribution in [1.29, 1.82) is 0 Å². The molecule has 158 valence electrons. The number of hydrogen-bond donors (Lipinski definition) is 2. The second-order valence-corrected chi connectivity index (χ2v) is 10.6. The summed E-state index contributed by atoms with van der Waals surface area (Å²) in [7, 11) is 0. The molecule has 7 atom stereocenters. The Bertz CT molecular complexity index is 663. The molecule has 0 saturated heterocycles. The van der Waals surface area contributed by atoms with E-state index in [1.54, 1.807) is 0 Å². The van der Waals surface area contributed by atoms with E-state index < -0.39 is 11.6 Å². The molecule has 4 aliphatic carbocycles. The van der Waals surface area contributed by atoms with Gasteiger partial charge in [0.2, 0.25) is 6.61 Å². The van der Waals surface area contributed by atoms with Crippen LogP contribution in [0.1, 0.15) is 85.0 Å². The molecule has 0 spiro atoms. The molecule has 0 aromatic carbocycles. The molecule has 28 heavy (non-hydrogen) atoms. The highest BCUT2D eigenvalue weighted by molar-refractivity contribution is 5.85. The minimum Gasteiger partial charge on any atom is -0.479 e. The van der Waals surface area contributed by atoms with E-state index in [4.69, 9.17) is 9.94 Å². The highest BCUT2D eigenvalue weighted by Crippen LogP contribution is 2.68. The maximum Gasteiger partial charge on any atom is 0.344 e. The minimum absolute atomic E-state index is 0.0953. The van der Waals surface area contributed by atoms with Crippen molar-refractivity contribution in [3.8, 4) is 0 Å². The minimum atomic E-state index is -0.973. The lowest BCUT2D eigenvalue weighted by atomic mass is 9.44. The van der Waals surface area contributed by atoms with Gasteiger partial charge in [-0.3, -0.25) is 0 Å². The first kappa shape index (κ1) is 20.2. The van der Waals surface area contributed by atoms with Gasteiger partial charge in [0.1, 0.15) is 0 Å². The molecule has 0 bridgehead atoms. The Morgan fingerprint density at radius 2 is 1.89 bits per heavy atom. The van der Waals surface area contributed by atoms with Crippen LogP contribution < -0.4 is 0 Å². The average molecular weight is 392 g/mol. The zero-order valence-electron chi connectivity index (χ0n) is 17.7. The Hall–Kier alpha value is -1.10. The maximum atomic E-state index is 11.3. The van der Waals surface area contributed by atoms with E-state index in [1.165, 1.54) is 25.7 Å². The van der Waals surface area contributed by atoms with Crippen molar-refractivity contribution in [1.82, 2.24) is 0 Å². The standard InChI is InChI=1S/C23H37NO4/c1-4-23(27)12-9-19-17-6-5-15-13-16(24-28-14-20(25)26)7-10-21(15,2)18(17)8-11-22(19,23)3/h15,17-19,27H,4-14H2,1-3H3,(H,25,26)/b24-16+/t15-,17+,18-,19-,21-,22-,23-/m0/s1. The summed E-state index contributed by atoms with van der Waals surface area (Å²) in [5.74, 6) is 1.83. The first-order chi connectivity index (χ1) is 13.2. The summed E-state index contributed by atoms with van der Waals surface area (Å²) in [4.78, 5) is 15.7. The Labute approximate surface area is 168 Å². The molecule has 4 fully saturated rings. The molecule has 4 saturated carbocycles. The van der Waals surface area contributed by atoms with Crippen LogP contribution in [0.2, 0.25) is 0 Å². The van der Waals surface area contributed by atoms with Crippen molar-refractivity contribution in [3.63, 3.8) is 0 Å². The summed E-state index contributed by atoms with van der Waals surface area (Å²) in [6.45, 7) is 6.69. The van der Waals surface area contributed by atoms with Gasteiger partial charge >= 0.3 is 5.97 Å². The Kier molecular flexibility index (Phi) is 5.05. The molecule has 2 N–H and O–H groups in total. The number of aliphatic hydroxyl groups is 1. The molecule has 0 aromatic rings. The zero-order chi connectivity index (χ0) is 20.2. The summed E-state index contributed by atoms with van der Waals surface area (Å²) in [5, 5.41) is 24.2. The summed E-state index contributed by atoms with van der Waals surface area (Å²) in [6, 6.07) is 0. The SMILES string of the molecule is CC[C@]1(O)CC[C@H]2[C@@H]3CC[C@H]4C/C(=N/OCC(=O)O)CC[C@]4(C)[C@H]3CC[C@@]21C. The van der Waals surface area contributed by atoms with E-state index >= 15 is 0 Å². The third-order valence-electron chi connectivity index (χ3n) is 9.79. The van der Waals surface area contributed by atoms with E-state index in [1.807, 2.05) is 0 Å². The fraction of sp³-hybridized carbons (Fsp3) is 0.913. The van der Waals surface area contributed by atoms with Gasteiger partial charge in [0.15, 0.2) is 0 Å². The maximum absolute atomic E-state index is 11.3. The van der Waals surface area contributed by atoms with E-state index in [-0.39, 0.29) is 12.0 Å². The largest absolute Gasteiger partial charge is 0.479 e. The van der Waals surface area contributed by atoms with Gasteiger partial charge in [-0.2, -0.15) is 0 Å². The van der Waals surface area contributed by atoms with Crippen LogP contribution in [0.3, 0.4) is 0 Å². The lowest BCUT2D eigenvalue weighted by molar-refractivity contribution is -0.147. The predicted molar refractivity (Wildman–Crippen MR) is 108 cm³/mol. The number of oxime groups is 1. The first-order valence-corrected chi connectivity index (χ1v) is 11.4. The number of nitrogens with zero attached hydrogens (tertiary/aromatic N) is 1. The van der Waals surface area contributed by atoms with E-state index in [0.29, 0.717) is 17.3 Å². The van der Waals surface area contributed by atoms with Crippen molar-refractivity contribution < 1.29 is 19.8 Å². The van der Waals surface area contributed by atoms with Gasteiger partial charge in [0.05, 0.1) is 11.3 Å². The normalized spacial score (nSPS) is 49.2. The number of rotatable bonds is 4. The lowest BCUT2D eigenvalue weighted by Gasteiger charge is -2.61. The van der Waals surface area contributed by atoms with Gasteiger partial charge in [-0.1, -0.05) is 25.9 Å². The molecule has 0 amide bonds. The number of fused-ring (bicyclic) bond motifs is 5. The Balaban J connectivity index is 1.50. The highest BCUT2D eigenvalue weighted by Gasteiger charge is 2.63. The molecule has 0 unspecified atom stereocenters. The average Bonchev–Trinajstić information content (AvgIpc) is 2.93. The van der Waals surface area contributed by atoms with Gasteiger partial charge in [-0.05, 0) is 98.7 Å². The van der Waals surface area contributed by atoms with Crippen LogP contribution in [0.15, 0.2) is 5.16 Å². The monoisotopic (exact) mass is 391 g/mol. The third kappa shape index (κ3) is 2.91. The zero-order valence-corrected chi connectivity index (χ0v) is 17.7. The van der Waals surface area contributed by atoms with Crippen LogP contribution in [0.25, 0.3) is 0 Å². The van der Waals surface area contributed by atoms with Crippen LogP contribution in [0, 0.1) is 34.5 Å². The molecule has 4 rings (SSSR count). The molecule has 0 aromatic heterocycles. The van der Waals surface area contributed by atoms with Crippen molar-refractivity contribution in [2.75, 3.05) is 6.61 Å². The van der Waals surface area contributed by atoms with Gasteiger partial charge in [0.25, 0.3) is 0 Å². The fourth-order valence-corrected chi connectivity index (χ4v) is 8.01. The Morgan fingerprint density at radius 1 is 1.14 bits per heavy atom. The summed E-state index contributed by atoms with van der Waals surface area (Å²) < 4.78 is 0. The van der Waals surface area contributed by atoms with E-state index in [2.05, 4.69) is 25.9 Å².